The zero-order valence-corrected chi connectivity index (χ0v) is 11.1. The summed E-state index contributed by atoms with van der Waals surface area (Å²) in [6, 6.07) is -0.316. The van der Waals surface area contributed by atoms with E-state index in [1.54, 1.807) is 0 Å². The molecule has 0 aliphatic heterocycles. The van der Waals surface area contributed by atoms with Crippen LogP contribution in [0.2, 0.25) is 4.34 Å². The fourth-order valence-electron chi connectivity index (χ4n) is 1.16. The standard InChI is InChI=1S/C10H15ClN2O2S/c1-4-6(2)13-8(10(14)15-3)9-12-5-7(11)16-9/h5-6,8,13H,4H2,1-3H3. The van der Waals surface area contributed by atoms with E-state index < -0.39 is 6.04 Å². The van der Waals surface area contributed by atoms with E-state index in [9.17, 15) is 4.79 Å². The molecule has 0 aliphatic rings. The fraction of sp³-hybridized carbons (Fsp3) is 0.600. The fourth-order valence-corrected chi connectivity index (χ4v) is 2.14. The summed E-state index contributed by atoms with van der Waals surface area (Å²) in [5.74, 6) is -0.341. The van der Waals surface area contributed by atoms with Crippen LogP contribution in [-0.4, -0.2) is 24.1 Å². The predicted octanol–water partition coefficient (Wildman–Crippen LogP) is 2.40. The van der Waals surface area contributed by atoms with Gasteiger partial charge in [0.05, 0.1) is 13.3 Å². The summed E-state index contributed by atoms with van der Waals surface area (Å²) in [5, 5.41) is 3.80. The first-order chi connectivity index (χ1) is 7.58. The Morgan fingerprint density at radius 3 is 2.88 bits per heavy atom. The average molecular weight is 263 g/mol. The van der Waals surface area contributed by atoms with Crippen molar-refractivity contribution >= 4 is 28.9 Å². The molecule has 16 heavy (non-hydrogen) atoms. The van der Waals surface area contributed by atoms with Gasteiger partial charge in [-0.1, -0.05) is 18.5 Å². The molecule has 2 atom stereocenters. The normalized spacial score (nSPS) is 14.5. The Bertz CT molecular complexity index is 356. The van der Waals surface area contributed by atoms with Crippen LogP contribution in [0.4, 0.5) is 0 Å². The molecule has 1 aromatic heterocycles. The molecule has 2 unspecified atom stereocenters. The van der Waals surface area contributed by atoms with Crippen LogP contribution in [0.15, 0.2) is 6.20 Å². The van der Waals surface area contributed by atoms with Gasteiger partial charge in [0.25, 0.3) is 0 Å². The molecule has 0 aliphatic carbocycles. The number of nitrogens with zero attached hydrogens (tertiary/aromatic N) is 1. The van der Waals surface area contributed by atoms with E-state index in [0.29, 0.717) is 9.34 Å². The van der Waals surface area contributed by atoms with Gasteiger partial charge in [0, 0.05) is 6.04 Å². The highest BCUT2D eigenvalue weighted by atomic mass is 35.5. The molecule has 4 nitrogen and oxygen atoms in total. The van der Waals surface area contributed by atoms with Crippen LogP contribution in [0.5, 0.6) is 0 Å². The Morgan fingerprint density at radius 1 is 1.75 bits per heavy atom. The van der Waals surface area contributed by atoms with Crippen LogP contribution in [0.3, 0.4) is 0 Å². The van der Waals surface area contributed by atoms with Crippen molar-refractivity contribution in [3.63, 3.8) is 0 Å². The lowest BCUT2D eigenvalue weighted by Crippen LogP contribution is -2.35. The number of nitrogens with one attached hydrogen (secondary N) is 1. The molecule has 1 aromatic rings. The number of thiazole rings is 1. The summed E-state index contributed by atoms with van der Waals surface area (Å²) in [5.41, 5.74) is 0. The molecule has 1 heterocycles. The second-order valence-electron chi connectivity index (χ2n) is 3.43. The van der Waals surface area contributed by atoms with Gasteiger partial charge in [0.1, 0.15) is 9.34 Å². The minimum Gasteiger partial charge on any atom is -0.468 e. The van der Waals surface area contributed by atoms with Crippen LogP contribution >= 0.6 is 22.9 Å². The van der Waals surface area contributed by atoms with E-state index in [2.05, 4.69) is 10.3 Å². The van der Waals surface area contributed by atoms with Gasteiger partial charge in [-0.2, -0.15) is 0 Å². The highest BCUT2D eigenvalue weighted by molar-refractivity contribution is 7.16. The zero-order valence-electron chi connectivity index (χ0n) is 9.49. The number of rotatable bonds is 5. The van der Waals surface area contributed by atoms with Gasteiger partial charge in [-0.05, 0) is 13.3 Å². The summed E-state index contributed by atoms with van der Waals surface area (Å²) in [4.78, 5) is 15.7. The molecule has 0 spiro atoms. The second-order valence-corrected chi connectivity index (χ2v) is 5.13. The summed E-state index contributed by atoms with van der Waals surface area (Å²) < 4.78 is 5.31. The Labute approximate surface area is 104 Å². The van der Waals surface area contributed by atoms with Crippen molar-refractivity contribution in [3.8, 4) is 0 Å². The first kappa shape index (κ1) is 13.4. The highest BCUT2D eigenvalue weighted by Gasteiger charge is 2.25. The van der Waals surface area contributed by atoms with Gasteiger partial charge in [0.15, 0.2) is 6.04 Å². The Balaban J connectivity index is 2.83. The molecule has 0 bridgehead atoms. The lowest BCUT2D eigenvalue weighted by molar-refractivity contribution is -0.143. The predicted molar refractivity (Wildman–Crippen MR) is 64.8 cm³/mol. The van der Waals surface area contributed by atoms with Crippen molar-refractivity contribution in [1.82, 2.24) is 10.3 Å². The van der Waals surface area contributed by atoms with Gasteiger partial charge in [-0.15, -0.1) is 11.3 Å². The van der Waals surface area contributed by atoms with Crippen molar-refractivity contribution in [2.45, 2.75) is 32.4 Å². The lowest BCUT2D eigenvalue weighted by Gasteiger charge is -2.18. The maximum absolute atomic E-state index is 11.6. The largest absolute Gasteiger partial charge is 0.468 e. The number of aromatic nitrogens is 1. The molecule has 90 valence electrons. The van der Waals surface area contributed by atoms with E-state index >= 15 is 0 Å². The quantitative estimate of drug-likeness (QED) is 0.828. The molecule has 6 heteroatoms. The van der Waals surface area contributed by atoms with Crippen molar-refractivity contribution < 1.29 is 9.53 Å². The first-order valence-corrected chi connectivity index (χ1v) is 6.23. The van der Waals surface area contributed by atoms with E-state index in [0.717, 1.165) is 6.42 Å². The van der Waals surface area contributed by atoms with Crippen LogP contribution in [0.25, 0.3) is 0 Å². The summed E-state index contributed by atoms with van der Waals surface area (Å²) in [6.07, 6.45) is 2.46. The highest BCUT2D eigenvalue weighted by Crippen LogP contribution is 2.25. The number of ether oxygens (including phenoxy) is 1. The van der Waals surface area contributed by atoms with Gasteiger partial charge < -0.3 is 4.74 Å². The minimum absolute atomic E-state index is 0.215. The number of esters is 1. The van der Waals surface area contributed by atoms with E-state index in [4.69, 9.17) is 16.3 Å². The van der Waals surface area contributed by atoms with E-state index in [1.807, 2.05) is 13.8 Å². The third-order valence-electron chi connectivity index (χ3n) is 2.24. The number of carbonyl (C=O) groups is 1. The second kappa shape index (κ2) is 6.18. The Hall–Kier alpha value is -0.650. The van der Waals surface area contributed by atoms with Gasteiger partial charge in [0.2, 0.25) is 0 Å². The number of methoxy groups -OCH3 is 1. The molecule has 1 N–H and O–H groups in total. The van der Waals surface area contributed by atoms with E-state index in [-0.39, 0.29) is 12.0 Å². The Morgan fingerprint density at radius 2 is 2.44 bits per heavy atom. The number of halogens is 1. The SMILES string of the molecule is CCC(C)NC(C(=O)OC)c1ncc(Cl)s1. The van der Waals surface area contributed by atoms with Crippen LogP contribution in [0, 0.1) is 0 Å². The molecule has 0 amide bonds. The monoisotopic (exact) mass is 262 g/mol. The first-order valence-electron chi connectivity index (χ1n) is 5.03. The van der Waals surface area contributed by atoms with Crippen LogP contribution < -0.4 is 5.32 Å². The van der Waals surface area contributed by atoms with Crippen molar-refractivity contribution in [1.29, 1.82) is 0 Å². The lowest BCUT2D eigenvalue weighted by atomic mass is 10.2. The minimum atomic E-state index is -0.530. The maximum Gasteiger partial charge on any atom is 0.330 e. The molecule has 0 saturated heterocycles. The van der Waals surface area contributed by atoms with Crippen LogP contribution in [-0.2, 0) is 9.53 Å². The third-order valence-corrected chi connectivity index (χ3v) is 3.42. The molecular formula is C10H15ClN2O2S. The maximum atomic E-state index is 11.6. The van der Waals surface area contributed by atoms with Crippen LogP contribution in [0.1, 0.15) is 31.3 Å². The molecule has 1 rings (SSSR count). The molecular weight excluding hydrogens is 248 g/mol. The number of carbonyl (C=O) groups excluding carboxylic acids is 1. The molecule has 0 saturated carbocycles. The molecule has 0 fully saturated rings. The summed E-state index contributed by atoms with van der Waals surface area (Å²) in [6.45, 7) is 4.05. The molecule has 0 radical (unpaired) electrons. The average Bonchev–Trinajstić information content (AvgIpc) is 2.71. The van der Waals surface area contributed by atoms with E-state index in [1.165, 1.54) is 24.6 Å². The summed E-state index contributed by atoms with van der Waals surface area (Å²) in [7, 11) is 1.36. The van der Waals surface area contributed by atoms with Crippen molar-refractivity contribution in [2.24, 2.45) is 0 Å². The molecule has 0 aromatic carbocycles. The smallest absolute Gasteiger partial charge is 0.330 e. The Kier molecular flexibility index (Phi) is 5.18. The number of hydrogen-bond acceptors (Lipinski definition) is 5. The van der Waals surface area contributed by atoms with Crippen molar-refractivity contribution in [2.75, 3.05) is 7.11 Å². The third kappa shape index (κ3) is 3.43. The van der Waals surface area contributed by atoms with Gasteiger partial charge in [-0.3, -0.25) is 5.32 Å². The van der Waals surface area contributed by atoms with Gasteiger partial charge in [-0.25, -0.2) is 9.78 Å². The van der Waals surface area contributed by atoms with Gasteiger partial charge >= 0.3 is 5.97 Å². The topological polar surface area (TPSA) is 51.2 Å². The zero-order chi connectivity index (χ0) is 12.1. The number of hydrogen-bond donors (Lipinski definition) is 1. The summed E-state index contributed by atoms with van der Waals surface area (Å²) >= 11 is 7.08. The van der Waals surface area contributed by atoms with Crippen molar-refractivity contribution in [3.05, 3.63) is 15.5 Å².